The predicted octanol–water partition coefficient (Wildman–Crippen LogP) is 2.25. The summed E-state index contributed by atoms with van der Waals surface area (Å²) in [5.74, 6) is 0. The Hall–Kier alpha value is -0.590. The molecule has 0 amide bonds. The van der Waals surface area contributed by atoms with Gasteiger partial charge < -0.3 is 5.32 Å². The molecule has 1 aliphatic heterocycles. The average molecular weight is 333 g/mol. The van der Waals surface area contributed by atoms with Crippen molar-refractivity contribution < 1.29 is 8.42 Å². The van der Waals surface area contributed by atoms with Gasteiger partial charge in [0.2, 0.25) is 10.0 Å². The van der Waals surface area contributed by atoms with Gasteiger partial charge in [-0.2, -0.15) is 0 Å². The summed E-state index contributed by atoms with van der Waals surface area (Å²) in [6.07, 6.45) is 1.34. The van der Waals surface area contributed by atoms with Crippen molar-refractivity contribution in [1.29, 1.82) is 0 Å². The zero-order valence-corrected chi connectivity index (χ0v) is 12.6. The van der Waals surface area contributed by atoms with Crippen LogP contribution in [0.1, 0.15) is 18.4 Å². The number of piperidine rings is 1. The van der Waals surface area contributed by atoms with Crippen LogP contribution in [0.3, 0.4) is 0 Å². The molecule has 1 heterocycles. The molecule has 100 valence electrons. The summed E-state index contributed by atoms with van der Waals surface area (Å²) in [7, 11) is -3.29. The Morgan fingerprint density at radius 3 is 2.67 bits per heavy atom. The summed E-state index contributed by atoms with van der Waals surface area (Å²) in [6, 6.07) is 5.59. The van der Waals surface area contributed by atoms with Crippen molar-refractivity contribution >= 4 is 31.6 Å². The van der Waals surface area contributed by atoms with Crippen LogP contribution in [-0.4, -0.2) is 26.8 Å². The molecule has 1 saturated heterocycles. The third kappa shape index (κ3) is 3.24. The Labute approximate surface area is 116 Å². The fraction of sp³-hybridized carbons (Fsp3) is 0.500. The van der Waals surface area contributed by atoms with Crippen LogP contribution >= 0.6 is 15.9 Å². The van der Waals surface area contributed by atoms with Gasteiger partial charge >= 0.3 is 0 Å². The van der Waals surface area contributed by atoms with E-state index in [1.807, 2.05) is 19.1 Å². The topological polar surface area (TPSA) is 58.2 Å². The molecule has 4 nitrogen and oxygen atoms in total. The van der Waals surface area contributed by atoms with Gasteiger partial charge in [0, 0.05) is 4.47 Å². The fourth-order valence-corrected chi connectivity index (χ4v) is 3.96. The first-order chi connectivity index (χ1) is 8.49. The summed E-state index contributed by atoms with van der Waals surface area (Å²) in [6.45, 7) is 3.43. The van der Waals surface area contributed by atoms with Crippen LogP contribution in [0.4, 0.5) is 5.69 Å². The highest BCUT2D eigenvalue weighted by Gasteiger charge is 2.27. The lowest BCUT2D eigenvalue weighted by Crippen LogP contribution is -2.38. The number of benzene rings is 1. The van der Waals surface area contributed by atoms with E-state index in [1.54, 1.807) is 6.07 Å². The average Bonchev–Trinajstić information content (AvgIpc) is 2.35. The van der Waals surface area contributed by atoms with Crippen LogP contribution < -0.4 is 10.0 Å². The number of nitrogens with one attached hydrogen (secondary N) is 2. The van der Waals surface area contributed by atoms with Gasteiger partial charge in [-0.05, 0) is 50.6 Å². The van der Waals surface area contributed by atoms with Crippen molar-refractivity contribution in [3.8, 4) is 0 Å². The van der Waals surface area contributed by atoms with Crippen molar-refractivity contribution in [1.82, 2.24) is 5.32 Å². The van der Waals surface area contributed by atoms with E-state index in [2.05, 4.69) is 26.0 Å². The van der Waals surface area contributed by atoms with Gasteiger partial charge in [-0.15, -0.1) is 0 Å². The van der Waals surface area contributed by atoms with Crippen molar-refractivity contribution in [2.75, 3.05) is 17.8 Å². The first kappa shape index (κ1) is 13.8. The summed E-state index contributed by atoms with van der Waals surface area (Å²) < 4.78 is 28.1. The molecule has 0 aromatic heterocycles. The molecule has 0 bridgehead atoms. The quantitative estimate of drug-likeness (QED) is 0.892. The molecule has 0 aliphatic carbocycles. The molecule has 1 aromatic carbocycles. The first-order valence-corrected chi connectivity index (χ1v) is 8.31. The van der Waals surface area contributed by atoms with E-state index in [1.165, 1.54) is 0 Å². The number of hydrogen-bond acceptors (Lipinski definition) is 3. The van der Waals surface area contributed by atoms with E-state index < -0.39 is 10.0 Å². The largest absolute Gasteiger partial charge is 0.317 e. The van der Waals surface area contributed by atoms with Gasteiger partial charge in [0.25, 0.3) is 0 Å². The minimum Gasteiger partial charge on any atom is -0.317 e. The first-order valence-electron chi connectivity index (χ1n) is 5.97. The molecule has 1 aliphatic rings. The standard InChI is InChI=1S/C12H17BrN2O2S/c1-9-2-3-10(13)8-12(9)15-18(16,17)11-4-6-14-7-5-11/h2-3,8,11,14-15H,4-7H2,1H3. The van der Waals surface area contributed by atoms with Crippen molar-refractivity contribution in [2.24, 2.45) is 0 Å². The van der Waals surface area contributed by atoms with E-state index in [-0.39, 0.29) is 5.25 Å². The molecule has 0 atom stereocenters. The van der Waals surface area contributed by atoms with Gasteiger partial charge in [0.1, 0.15) is 0 Å². The van der Waals surface area contributed by atoms with Gasteiger partial charge in [0.05, 0.1) is 10.9 Å². The molecule has 2 rings (SSSR count). The lowest BCUT2D eigenvalue weighted by atomic mass is 10.2. The highest BCUT2D eigenvalue weighted by Crippen LogP contribution is 2.24. The molecule has 0 spiro atoms. The Morgan fingerprint density at radius 2 is 2.00 bits per heavy atom. The lowest BCUT2D eigenvalue weighted by molar-refractivity contribution is 0.499. The molecular formula is C12H17BrN2O2S. The molecule has 1 fully saturated rings. The molecule has 2 N–H and O–H groups in total. The normalized spacial score (nSPS) is 17.7. The maximum absolute atomic E-state index is 12.3. The number of halogens is 1. The van der Waals surface area contributed by atoms with Crippen LogP contribution in [-0.2, 0) is 10.0 Å². The number of anilines is 1. The van der Waals surface area contributed by atoms with E-state index in [4.69, 9.17) is 0 Å². The van der Waals surface area contributed by atoms with E-state index >= 15 is 0 Å². The van der Waals surface area contributed by atoms with Gasteiger partial charge in [-0.1, -0.05) is 22.0 Å². The van der Waals surface area contributed by atoms with E-state index in [0.717, 1.165) is 23.1 Å². The fourth-order valence-electron chi connectivity index (χ4n) is 2.05. The number of hydrogen-bond donors (Lipinski definition) is 2. The van der Waals surface area contributed by atoms with Crippen molar-refractivity contribution in [2.45, 2.75) is 25.0 Å². The minimum atomic E-state index is -3.29. The maximum atomic E-state index is 12.3. The lowest BCUT2D eigenvalue weighted by Gasteiger charge is -2.23. The Kier molecular flexibility index (Phi) is 4.29. The smallest absolute Gasteiger partial charge is 0.235 e. The van der Waals surface area contributed by atoms with Gasteiger partial charge in [0.15, 0.2) is 0 Å². The number of sulfonamides is 1. The Morgan fingerprint density at radius 1 is 1.33 bits per heavy atom. The minimum absolute atomic E-state index is 0.294. The molecule has 0 saturated carbocycles. The predicted molar refractivity (Wildman–Crippen MR) is 77.3 cm³/mol. The van der Waals surface area contributed by atoms with E-state index in [9.17, 15) is 8.42 Å². The zero-order chi connectivity index (χ0) is 13.2. The molecule has 0 radical (unpaired) electrons. The Balaban J connectivity index is 2.18. The summed E-state index contributed by atoms with van der Waals surface area (Å²) in [4.78, 5) is 0. The van der Waals surface area contributed by atoms with Crippen LogP contribution in [0.2, 0.25) is 0 Å². The second-order valence-electron chi connectivity index (χ2n) is 4.56. The molecule has 1 aromatic rings. The van der Waals surface area contributed by atoms with Crippen molar-refractivity contribution in [3.05, 3.63) is 28.2 Å². The van der Waals surface area contributed by atoms with E-state index in [0.29, 0.717) is 18.5 Å². The third-order valence-corrected chi connectivity index (χ3v) is 5.52. The third-order valence-electron chi connectivity index (χ3n) is 3.18. The van der Waals surface area contributed by atoms with Crippen LogP contribution in [0, 0.1) is 6.92 Å². The van der Waals surface area contributed by atoms with Gasteiger partial charge in [-0.25, -0.2) is 8.42 Å². The van der Waals surface area contributed by atoms with Crippen LogP contribution in [0.5, 0.6) is 0 Å². The summed E-state index contributed by atoms with van der Waals surface area (Å²) >= 11 is 3.36. The van der Waals surface area contributed by atoms with Gasteiger partial charge in [-0.3, -0.25) is 4.72 Å². The monoisotopic (exact) mass is 332 g/mol. The SMILES string of the molecule is Cc1ccc(Br)cc1NS(=O)(=O)C1CCNCC1. The second kappa shape index (κ2) is 5.59. The highest BCUT2D eigenvalue weighted by molar-refractivity contribution is 9.10. The van der Waals surface area contributed by atoms with Crippen LogP contribution in [0.15, 0.2) is 22.7 Å². The Bertz CT molecular complexity index is 525. The molecular weight excluding hydrogens is 316 g/mol. The molecule has 6 heteroatoms. The second-order valence-corrected chi connectivity index (χ2v) is 7.43. The number of rotatable bonds is 3. The maximum Gasteiger partial charge on any atom is 0.235 e. The summed E-state index contributed by atoms with van der Waals surface area (Å²) in [5, 5.41) is 2.88. The summed E-state index contributed by atoms with van der Waals surface area (Å²) in [5.41, 5.74) is 1.58. The molecule has 18 heavy (non-hydrogen) atoms. The zero-order valence-electron chi connectivity index (χ0n) is 10.2. The number of aryl methyl sites for hydroxylation is 1. The van der Waals surface area contributed by atoms with Crippen LogP contribution in [0.25, 0.3) is 0 Å². The molecule has 0 unspecified atom stereocenters. The highest BCUT2D eigenvalue weighted by atomic mass is 79.9. The van der Waals surface area contributed by atoms with Crippen molar-refractivity contribution in [3.63, 3.8) is 0 Å².